The van der Waals surface area contributed by atoms with Crippen LogP contribution in [0.5, 0.6) is 11.5 Å². The largest absolute Gasteiger partial charge is 0.505 e. The molecule has 0 aliphatic heterocycles. The highest BCUT2D eigenvalue weighted by Gasteiger charge is 2.19. The number of methoxy groups -OCH3 is 1. The first kappa shape index (κ1) is 32.7. The van der Waals surface area contributed by atoms with E-state index in [4.69, 9.17) is 25.1 Å². The molecule has 2 rings (SSSR count). The second-order valence-corrected chi connectivity index (χ2v) is 11.1. The highest BCUT2D eigenvalue weighted by molar-refractivity contribution is 7.91. The van der Waals surface area contributed by atoms with Crippen molar-refractivity contribution in [2.24, 2.45) is 10.9 Å². The number of phenols is 1. The van der Waals surface area contributed by atoms with Gasteiger partial charge in [0.25, 0.3) is 15.9 Å². The summed E-state index contributed by atoms with van der Waals surface area (Å²) in [6, 6.07) is 2.74. The van der Waals surface area contributed by atoms with Gasteiger partial charge in [-0.1, -0.05) is 11.3 Å². The summed E-state index contributed by atoms with van der Waals surface area (Å²) in [6.07, 6.45) is 1.44. The van der Waals surface area contributed by atoms with Gasteiger partial charge in [-0.2, -0.15) is 0 Å². The van der Waals surface area contributed by atoms with E-state index in [2.05, 4.69) is 15.5 Å². The average molecular weight is 602 g/mol. The van der Waals surface area contributed by atoms with Crippen LogP contribution in [0, 0.1) is 0 Å². The molecule has 1 aromatic heterocycles. The number of hydrogen-bond donors (Lipinski definition) is 4. The molecule has 1 heterocycles. The lowest BCUT2D eigenvalue weighted by molar-refractivity contribution is -0.122. The molecule has 0 unspecified atom stereocenters. The van der Waals surface area contributed by atoms with Crippen LogP contribution in [0.4, 0.5) is 5.69 Å². The Balaban J connectivity index is 1.52. The van der Waals surface area contributed by atoms with Crippen molar-refractivity contribution >= 4 is 50.4 Å². The van der Waals surface area contributed by atoms with Crippen molar-refractivity contribution in [2.75, 3.05) is 38.9 Å². The summed E-state index contributed by atoms with van der Waals surface area (Å²) in [5, 5.41) is 24.9. The normalized spacial score (nSPS) is 11.2. The molecule has 0 saturated carbocycles. The van der Waals surface area contributed by atoms with Gasteiger partial charge < -0.3 is 30.4 Å². The second kappa shape index (κ2) is 15.9. The molecule has 220 valence electrons. The molecule has 6 N–H and O–H groups in total. The molecule has 1 aromatic carbocycles. The fourth-order valence-corrected chi connectivity index (χ4v) is 4.82. The number of nitrogens with two attached hydrogens (primary N) is 2. The number of primary sulfonamides is 1. The summed E-state index contributed by atoms with van der Waals surface area (Å²) in [5.41, 5.74) is 4.96. The molecule has 0 aliphatic rings. The number of hydrogen-bond acceptors (Lipinski definition) is 13. The van der Waals surface area contributed by atoms with Gasteiger partial charge in [-0.05, 0) is 25.0 Å². The van der Waals surface area contributed by atoms with E-state index in [9.17, 15) is 32.7 Å². The van der Waals surface area contributed by atoms with Gasteiger partial charge in [0.2, 0.25) is 10.2 Å². The lowest BCUT2D eigenvalue weighted by atomic mass is 10.1. The van der Waals surface area contributed by atoms with Crippen molar-refractivity contribution < 1.29 is 46.9 Å². The van der Waals surface area contributed by atoms with Gasteiger partial charge in [-0.25, -0.2) is 13.6 Å². The van der Waals surface area contributed by atoms with E-state index in [-0.39, 0.29) is 83.4 Å². The van der Waals surface area contributed by atoms with E-state index >= 15 is 0 Å². The highest BCUT2D eigenvalue weighted by atomic mass is 32.2. The Labute approximate surface area is 234 Å². The number of sulfonamides is 1. The Bertz CT molecular complexity index is 1310. The van der Waals surface area contributed by atoms with E-state index in [0.29, 0.717) is 19.4 Å². The zero-order valence-electron chi connectivity index (χ0n) is 21.7. The molecule has 0 atom stereocenters. The summed E-state index contributed by atoms with van der Waals surface area (Å²) in [7, 11) is -2.64. The first-order valence-electron chi connectivity index (χ1n) is 12.0. The lowest BCUT2D eigenvalue weighted by Gasteiger charge is -2.13. The molecule has 15 nitrogen and oxygen atoms in total. The minimum Gasteiger partial charge on any atom is -0.505 e. The number of aromatic hydroxyl groups is 1. The van der Waals surface area contributed by atoms with Crippen LogP contribution in [-0.4, -0.2) is 80.6 Å². The van der Waals surface area contributed by atoms with E-state index in [0.717, 1.165) is 11.3 Å². The van der Waals surface area contributed by atoms with Crippen molar-refractivity contribution in [1.82, 2.24) is 10.2 Å². The predicted molar refractivity (Wildman–Crippen MR) is 142 cm³/mol. The Hall–Kier alpha value is -3.51. The van der Waals surface area contributed by atoms with Crippen molar-refractivity contribution in [2.45, 2.75) is 42.9 Å². The first-order valence-corrected chi connectivity index (χ1v) is 14.3. The van der Waals surface area contributed by atoms with Gasteiger partial charge in [0.15, 0.2) is 5.75 Å². The molecule has 17 heteroatoms. The first-order chi connectivity index (χ1) is 18.9. The summed E-state index contributed by atoms with van der Waals surface area (Å²) in [6.45, 7) is 0.274. The number of anilines is 1. The number of rotatable bonds is 19. The fourth-order valence-electron chi connectivity index (χ4n) is 3.31. The minimum absolute atomic E-state index is 0.0157. The second-order valence-electron chi connectivity index (χ2n) is 8.33. The molecule has 0 aliphatic carbocycles. The Morgan fingerprint density at radius 1 is 1.00 bits per heavy atom. The van der Waals surface area contributed by atoms with Gasteiger partial charge >= 0.3 is 0 Å². The third-order valence-corrected chi connectivity index (χ3v) is 7.41. The number of ether oxygens (including phenoxy) is 3. The van der Waals surface area contributed by atoms with Gasteiger partial charge in [0.1, 0.15) is 34.5 Å². The summed E-state index contributed by atoms with van der Waals surface area (Å²) < 4.78 is 37.6. The maximum atomic E-state index is 12.0. The van der Waals surface area contributed by atoms with Crippen LogP contribution in [0.1, 0.15) is 47.5 Å². The van der Waals surface area contributed by atoms with Crippen LogP contribution < -0.4 is 20.9 Å². The third-order valence-electron chi connectivity index (χ3n) is 5.18. The zero-order valence-corrected chi connectivity index (χ0v) is 23.3. The summed E-state index contributed by atoms with van der Waals surface area (Å²) >= 11 is 0.740. The van der Waals surface area contributed by atoms with Crippen LogP contribution in [0.15, 0.2) is 16.5 Å². The molecule has 0 radical (unpaired) electrons. The highest BCUT2D eigenvalue weighted by Crippen LogP contribution is 2.34. The number of carbonyl (C=O) groups excluding carboxylic acids is 4. The average Bonchev–Trinajstić information content (AvgIpc) is 3.35. The molecular weight excluding hydrogens is 570 g/mol. The van der Waals surface area contributed by atoms with Gasteiger partial charge in [0, 0.05) is 25.9 Å². The Kier molecular flexibility index (Phi) is 13.0. The molecule has 0 saturated heterocycles. The van der Waals surface area contributed by atoms with E-state index in [1.54, 1.807) is 0 Å². The maximum Gasteiger partial charge on any atom is 0.267 e. The topological polar surface area (TPSA) is 240 Å². The number of nitrogens with zero attached hydrogens (tertiary/aromatic N) is 2. The Morgan fingerprint density at radius 2 is 1.68 bits per heavy atom. The number of benzene rings is 1. The monoisotopic (exact) mass is 601 g/mol. The number of aromatic nitrogens is 2. The molecule has 0 bridgehead atoms. The van der Waals surface area contributed by atoms with E-state index in [1.165, 1.54) is 19.2 Å². The maximum absolute atomic E-state index is 12.0. The molecule has 2 amide bonds. The minimum atomic E-state index is -3.95. The number of Topliss-reactive ketones (excluding diaryl/α,β-unsaturated/α-hetero) is 2. The summed E-state index contributed by atoms with van der Waals surface area (Å²) in [4.78, 5) is 47.6. The van der Waals surface area contributed by atoms with Crippen LogP contribution >= 0.6 is 11.3 Å². The molecule has 40 heavy (non-hydrogen) atoms. The third kappa shape index (κ3) is 10.9. The quantitative estimate of drug-likeness (QED) is 0.126. The van der Waals surface area contributed by atoms with Crippen molar-refractivity contribution in [1.29, 1.82) is 0 Å². The van der Waals surface area contributed by atoms with Gasteiger partial charge in [0.05, 0.1) is 32.4 Å². The lowest BCUT2D eigenvalue weighted by Crippen LogP contribution is -2.21. The number of primary amides is 1. The van der Waals surface area contributed by atoms with Crippen molar-refractivity contribution in [3.8, 4) is 11.5 Å². The van der Waals surface area contributed by atoms with Crippen LogP contribution in [0.3, 0.4) is 0 Å². The van der Waals surface area contributed by atoms with Gasteiger partial charge in [-0.3, -0.25) is 19.2 Å². The zero-order chi connectivity index (χ0) is 29.7. The van der Waals surface area contributed by atoms with Crippen molar-refractivity contribution in [3.05, 3.63) is 22.7 Å². The number of ketones is 2. The van der Waals surface area contributed by atoms with Crippen LogP contribution in [0.25, 0.3) is 0 Å². The Morgan fingerprint density at radius 3 is 2.33 bits per heavy atom. The molecule has 0 fully saturated rings. The molecule has 0 spiro atoms. The van der Waals surface area contributed by atoms with Crippen LogP contribution in [0.2, 0.25) is 0 Å². The number of carbonyl (C=O) groups is 4. The fraction of sp³-hybridized carbons (Fsp3) is 0.478. The van der Waals surface area contributed by atoms with E-state index in [1.807, 2.05) is 0 Å². The smallest absolute Gasteiger partial charge is 0.267 e. The molecule has 2 aromatic rings. The molecular formula is C23H31N5O10S2. The van der Waals surface area contributed by atoms with Gasteiger partial charge in [-0.15, -0.1) is 10.2 Å². The SMILES string of the molecule is COc1ccc(NC(=O)COCCOCCCC(=O)CCCC(=O)Cc2nnc(S(N)(=O)=O)s2)c(O)c1C(N)=O. The standard InChI is InChI=1S/C23H31N5O10S2/c1-36-17-8-7-16(21(32)20(17)22(24)33)26-18(31)13-38-11-10-37-9-3-6-14(29)4-2-5-15(30)12-19-27-28-23(39-19)40(25,34)35/h7-8,32H,2-6,9-13H2,1H3,(H2,24,33)(H,26,31)(H2,25,34,35). The number of amides is 2. The number of nitrogens with one attached hydrogen (secondary N) is 1. The predicted octanol–water partition coefficient (Wildman–Crippen LogP) is 0.302. The van der Waals surface area contributed by atoms with E-state index < -0.39 is 27.6 Å². The van der Waals surface area contributed by atoms with Crippen LogP contribution in [-0.2, 0) is 40.3 Å². The summed E-state index contributed by atoms with van der Waals surface area (Å²) in [5.74, 6) is -2.13. The van der Waals surface area contributed by atoms with Crippen molar-refractivity contribution in [3.63, 3.8) is 0 Å².